The maximum Gasteiger partial charge on any atom is 0.192 e. The number of hydrogen-bond donors (Lipinski definition) is 1. The number of hydrogen-bond acceptors (Lipinski definition) is 3. The Morgan fingerprint density at radius 2 is 1.68 bits per heavy atom. The standard InChI is InChI=1S/C36H66O3Si2/c1-26(2)23-30(37)25-36(8,39-40(9,10)11)33-21-20-32-28(15-14-22-35(32,33)7)17-18-29-24-31(19-16-27(29)3)38-41(12,13)34(4,5)6/h17-18,26,30-33,37H,3,14-16,19-25H2,1-2,4-13H3/b28-17+,29-18-/t30?,31-,32-,33-,35-,36-/m0/s1. The van der Waals surface area contributed by atoms with Crippen LogP contribution in [0.25, 0.3) is 0 Å². The first-order valence-corrected chi connectivity index (χ1v) is 23.1. The molecular formula is C36H66O3Si2. The summed E-state index contributed by atoms with van der Waals surface area (Å²) in [6.45, 7) is 32.5. The Kier molecular flexibility index (Phi) is 11.0. The summed E-state index contributed by atoms with van der Waals surface area (Å²) in [5.74, 6) is 1.56. The van der Waals surface area contributed by atoms with Crippen LogP contribution in [0.2, 0.25) is 37.8 Å². The predicted octanol–water partition coefficient (Wildman–Crippen LogP) is 10.6. The predicted molar refractivity (Wildman–Crippen MR) is 182 cm³/mol. The van der Waals surface area contributed by atoms with E-state index in [1.54, 1.807) is 5.57 Å². The van der Waals surface area contributed by atoms with Gasteiger partial charge < -0.3 is 14.0 Å². The highest BCUT2D eigenvalue weighted by molar-refractivity contribution is 6.74. The molecule has 0 aromatic rings. The quantitative estimate of drug-likeness (QED) is 0.253. The van der Waals surface area contributed by atoms with Crippen molar-refractivity contribution in [2.75, 3.05) is 0 Å². The van der Waals surface area contributed by atoms with Crippen LogP contribution < -0.4 is 0 Å². The largest absolute Gasteiger partial charge is 0.414 e. The number of aliphatic hydroxyl groups is 1. The SMILES string of the molecule is C=C1CC[C@H](O[Si](C)(C)C(C)(C)C)C/C1=C/C=C1\CCC[C@@]2(C)[C@H]1CC[C@@H]2[C@](C)(CC(O)CC(C)C)O[Si](C)(C)C. The molecule has 6 atom stereocenters. The Bertz CT molecular complexity index is 982. The molecule has 0 aromatic carbocycles. The smallest absolute Gasteiger partial charge is 0.192 e. The van der Waals surface area contributed by atoms with Gasteiger partial charge in [-0.3, -0.25) is 0 Å². The van der Waals surface area contributed by atoms with Crippen LogP contribution >= 0.6 is 0 Å². The van der Waals surface area contributed by atoms with E-state index in [4.69, 9.17) is 8.85 Å². The highest BCUT2D eigenvalue weighted by atomic mass is 28.4. The lowest BCUT2D eigenvalue weighted by Gasteiger charge is -2.51. The zero-order chi connectivity index (χ0) is 31.0. The average Bonchev–Trinajstić information content (AvgIpc) is 3.15. The lowest BCUT2D eigenvalue weighted by molar-refractivity contribution is -0.0742. The topological polar surface area (TPSA) is 38.7 Å². The number of aliphatic hydroxyl groups excluding tert-OH is 1. The average molecular weight is 603 g/mol. The van der Waals surface area contributed by atoms with E-state index >= 15 is 0 Å². The number of fused-ring (bicyclic) bond motifs is 1. The summed E-state index contributed by atoms with van der Waals surface area (Å²) in [7, 11) is -3.60. The van der Waals surface area contributed by atoms with Crippen molar-refractivity contribution in [1.82, 2.24) is 0 Å². The third-order valence-electron chi connectivity index (χ3n) is 11.1. The van der Waals surface area contributed by atoms with Crippen LogP contribution in [-0.4, -0.2) is 39.6 Å². The van der Waals surface area contributed by atoms with Gasteiger partial charge in [-0.05, 0) is 131 Å². The first kappa shape index (κ1) is 35.0. The van der Waals surface area contributed by atoms with Crippen molar-refractivity contribution in [3.8, 4) is 0 Å². The molecule has 3 saturated carbocycles. The summed E-state index contributed by atoms with van der Waals surface area (Å²) in [5, 5.41) is 11.4. The Balaban J connectivity index is 1.84. The highest BCUT2D eigenvalue weighted by Crippen LogP contribution is 2.62. The van der Waals surface area contributed by atoms with Gasteiger partial charge in [-0.2, -0.15) is 0 Å². The minimum atomic E-state index is -1.81. The van der Waals surface area contributed by atoms with E-state index in [1.165, 1.54) is 43.3 Å². The van der Waals surface area contributed by atoms with Crippen molar-refractivity contribution in [3.63, 3.8) is 0 Å². The molecule has 3 aliphatic carbocycles. The van der Waals surface area contributed by atoms with Crippen LogP contribution in [0, 0.1) is 23.2 Å². The Labute approximate surface area is 256 Å². The van der Waals surface area contributed by atoms with Crippen molar-refractivity contribution < 1.29 is 14.0 Å². The van der Waals surface area contributed by atoms with Crippen molar-refractivity contribution >= 4 is 16.6 Å². The minimum Gasteiger partial charge on any atom is -0.414 e. The molecule has 0 bridgehead atoms. The fourth-order valence-electron chi connectivity index (χ4n) is 8.37. The molecule has 0 amide bonds. The van der Waals surface area contributed by atoms with Crippen LogP contribution in [0.1, 0.15) is 113 Å². The van der Waals surface area contributed by atoms with Gasteiger partial charge in [0.05, 0.1) is 11.7 Å². The summed E-state index contributed by atoms with van der Waals surface area (Å²) < 4.78 is 13.9. The molecule has 0 aromatic heterocycles. The molecule has 0 saturated heterocycles. The van der Waals surface area contributed by atoms with Gasteiger partial charge in [0.25, 0.3) is 0 Å². The second-order valence-corrected chi connectivity index (χ2v) is 26.5. The Morgan fingerprint density at radius 1 is 1.02 bits per heavy atom. The van der Waals surface area contributed by atoms with Crippen LogP contribution in [0.4, 0.5) is 0 Å². The molecule has 3 fully saturated rings. The fraction of sp³-hybridized carbons (Fsp3) is 0.833. The Morgan fingerprint density at radius 3 is 2.27 bits per heavy atom. The summed E-state index contributed by atoms with van der Waals surface area (Å²) >= 11 is 0. The van der Waals surface area contributed by atoms with E-state index in [1.807, 2.05) is 0 Å². The second kappa shape index (κ2) is 12.9. The van der Waals surface area contributed by atoms with Gasteiger partial charge in [0, 0.05) is 12.5 Å². The first-order chi connectivity index (χ1) is 18.7. The number of rotatable bonds is 10. The molecule has 41 heavy (non-hydrogen) atoms. The van der Waals surface area contributed by atoms with E-state index in [2.05, 4.69) is 99.9 Å². The van der Waals surface area contributed by atoms with Crippen LogP contribution in [0.3, 0.4) is 0 Å². The van der Waals surface area contributed by atoms with Crippen LogP contribution in [-0.2, 0) is 8.85 Å². The van der Waals surface area contributed by atoms with E-state index in [0.717, 1.165) is 32.1 Å². The third-order valence-corrected chi connectivity index (χ3v) is 16.7. The lowest BCUT2D eigenvalue weighted by atomic mass is 9.59. The molecule has 0 aliphatic heterocycles. The summed E-state index contributed by atoms with van der Waals surface area (Å²) in [4.78, 5) is 0. The zero-order valence-corrected chi connectivity index (χ0v) is 31.1. The van der Waals surface area contributed by atoms with Gasteiger partial charge in [0.2, 0.25) is 0 Å². The molecule has 1 N–H and O–H groups in total. The second-order valence-electron chi connectivity index (χ2n) is 17.3. The molecule has 1 unspecified atom stereocenters. The third kappa shape index (κ3) is 8.59. The van der Waals surface area contributed by atoms with Gasteiger partial charge in [-0.25, -0.2) is 0 Å². The van der Waals surface area contributed by atoms with E-state index in [0.29, 0.717) is 23.9 Å². The molecule has 3 aliphatic rings. The van der Waals surface area contributed by atoms with Gasteiger partial charge >= 0.3 is 0 Å². The fourth-order valence-corrected chi connectivity index (χ4v) is 11.4. The molecule has 5 heteroatoms. The highest BCUT2D eigenvalue weighted by Gasteiger charge is 2.57. The summed E-state index contributed by atoms with van der Waals surface area (Å²) in [5.41, 5.74) is 4.27. The van der Waals surface area contributed by atoms with Crippen molar-refractivity contribution in [1.29, 1.82) is 0 Å². The molecule has 0 heterocycles. The van der Waals surface area contributed by atoms with Crippen molar-refractivity contribution in [3.05, 3.63) is 35.5 Å². The van der Waals surface area contributed by atoms with Gasteiger partial charge in [-0.1, -0.05) is 71.4 Å². The Hall–Kier alpha value is -0.466. The summed E-state index contributed by atoms with van der Waals surface area (Å²) in [6.07, 6.45) is 15.8. The van der Waals surface area contributed by atoms with E-state index in [-0.39, 0.29) is 22.2 Å². The molecule has 0 spiro atoms. The summed E-state index contributed by atoms with van der Waals surface area (Å²) in [6, 6.07) is 0. The number of allylic oxidation sites excluding steroid dienone is 4. The van der Waals surface area contributed by atoms with Gasteiger partial charge in [-0.15, -0.1) is 0 Å². The normalized spacial score (nSPS) is 32.4. The minimum absolute atomic E-state index is 0.214. The van der Waals surface area contributed by atoms with Gasteiger partial charge in [0.1, 0.15) is 0 Å². The van der Waals surface area contributed by atoms with Crippen LogP contribution in [0.15, 0.2) is 35.5 Å². The monoisotopic (exact) mass is 602 g/mol. The van der Waals surface area contributed by atoms with E-state index < -0.39 is 16.6 Å². The molecule has 0 radical (unpaired) electrons. The lowest BCUT2D eigenvalue weighted by Crippen LogP contribution is -2.52. The molecule has 236 valence electrons. The van der Waals surface area contributed by atoms with Crippen molar-refractivity contribution in [2.24, 2.45) is 23.2 Å². The molecule has 3 nitrogen and oxygen atoms in total. The maximum absolute atomic E-state index is 11.1. The zero-order valence-electron chi connectivity index (χ0n) is 29.1. The maximum atomic E-state index is 11.1. The van der Waals surface area contributed by atoms with E-state index in [9.17, 15) is 5.11 Å². The van der Waals surface area contributed by atoms with Gasteiger partial charge in [0.15, 0.2) is 16.6 Å². The first-order valence-electron chi connectivity index (χ1n) is 16.8. The van der Waals surface area contributed by atoms with Crippen molar-refractivity contribution in [2.45, 2.75) is 168 Å². The molecular weight excluding hydrogens is 537 g/mol. The van der Waals surface area contributed by atoms with Crippen LogP contribution in [0.5, 0.6) is 0 Å². The molecule has 3 rings (SSSR count).